The number of fused-ring (bicyclic) bond motifs is 1. The number of aromatic nitrogens is 2. The molecule has 1 aromatic carbocycles. The number of hydrogen-bond acceptors (Lipinski definition) is 5. The van der Waals surface area contributed by atoms with Crippen LogP contribution in [0.2, 0.25) is 0 Å². The van der Waals surface area contributed by atoms with E-state index in [9.17, 15) is 4.79 Å². The van der Waals surface area contributed by atoms with Gasteiger partial charge < -0.3 is 9.26 Å². The lowest BCUT2D eigenvalue weighted by Crippen LogP contribution is -2.01. The zero-order valence-corrected chi connectivity index (χ0v) is 11.4. The highest BCUT2D eigenvalue weighted by Gasteiger charge is 2.22. The molecule has 0 amide bonds. The van der Waals surface area contributed by atoms with Gasteiger partial charge in [0.05, 0.1) is 0 Å². The lowest BCUT2D eigenvalue weighted by molar-refractivity contribution is 0.0994. The molecule has 3 rings (SSSR count). The maximum absolute atomic E-state index is 11.7. The van der Waals surface area contributed by atoms with Gasteiger partial charge in [0, 0.05) is 24.0 Å². The third-order valence-electron chi connectivity index (χ3n) is 3.37. The van der Waals surface area contributed by atoms with E-state index in [1.165, 1.54) is 0 Å². The van der Waals surface area contributed by atoms with Crippen molar-refractivity contribution in [2.24, 2.45) is 0 Å². The molecule has 20 heavy (non-hydrogen) atoms. The van der Waals surface area contributed by atoms with Crippen LogP contribution in [0.4, 0.5) is 0 Å². The van der Waals surface area contributed by atoms with Gasteiger partial charge in [0.25, 0.3) is 0 Å². The van der Waals surface area contributed by atoms with Crippen molar-refractivity contribution in [2.75, 3.05) is 0 Å². The van der Waals surface area contributed by atoms with Crippen LogP contribution < -0.4 is 4.74 Å². The summed E-state index contributed by atoms with van der Waals surface area (Å²) in [6.45, 7) is 2.32. The number of benzene rings is 1. The maximum Gasteiger partial charge on any atom is 0.226 e. The Balaban J connectivity index is 1.71. The molecule has 0 N–H and O–H groups in total. The number of aryl methyl sites for hydroxylation is 1. The van der Waals surface area contributed by atoms with Gasteiger partial charge in [-0.25, -0.2) is 0 Å². The average Bonchev–Trinajstić information content (AvgIpc) is 3.05. The van der Waals surface area contributed by atoms with E-state index in [2.05, 4.69) is 17.1 Å². The number of ether oxygens (including phenoxy) is 1. The number of ketones is 1. The summed E-state index contributed by atoms with van der Waals surface area (Å²) < 4.78 is 10.8. The summed E-state index contributed by atoms with van der Waals surface area (Å²) in [5.74, 6) is 2.11. The van der Waals surface area contributed by atoms with E-state index >= 15 is 0 Å². The van der Waals surface area contributed by atoms with Crippen LogP contribution in [0.3, 0.4) is 0 Å². The van der Waals surface area contributed by atoms with Gasteiger partial charge in [0.15, 0.2) is 12.4 Å². The standard InChI is InChI=1S/C15H16N2O3/c1-2-4-15-16-14(17-20-15)9-19-13-6-3-5-10-11(13)7-8-12(10)18/h3,5-6H,2,4,7-9H2,1H3. The molecular formula is C15H16N2O3. The Bertz CT molecular complexity index is 634. The molecule has 2 aromatic rings. The van der Waals surface area contributed by atoms with Gasteiger partial charge in [0.1, 0.15) is 5.75 Å². The van der Waals surface area contributed by atoms with Gasteiger partial charge in [-0.15, -0.1) is 0 Å². The Kier molecular flexibility index (Phi) is 3.50. The lowest BCUT2D eigenvalue weighted by atomic mass is 10.1. The molecule has 0 aliphatic heterocycles. The fraction of sp³-hybridized carbons (Fsp3) is 0.400. The van der Waals surface area contributed by atoms with Crippen molar-refractivity contribution in [3.63, 3.8) is 0 Å². The number of nitrogens with zero attached hydrogens (tertiary/aromatic N) is 2. The topological polar surface area (TPSA) is 65.2 Å². The minimum absolute atomic E-state index is 0.190. The Labute approximate surface area is 116 Å². The second kappa shape index (κ2) is 5.45. The summed E-state index contributed by atoms with van der Waals surface area (Å²) in [6, 6.07) is 5.58. The molecule has 0 bridgehead atoms. The summed E-state index contributed by atoms with van der Waals surface area (Å²) in [5, 5.41) is 3.88. The molecule has 5 nitrogen and oxygen atoms in total. The molecule has 1 aliphatic rings. The third-order valence-corrected chi connectivity index (χ3v) is 3.37. The molecule has 1 aliphatic carbocycles. The normalized spacial score (nSPS) is 13.6. The lowest BCUT2D eigenvalue weighted by Gasteiger charge is -2.08. The molecular weight excluding hydrogens is 256 g/mol. The van der Waals surface area contributed by atoms with Gasteiger partial charge >= 0.3 is 0 Å². The average molecular weight is 272 g/mol. The second-order valence-corrected chi connectivity index (χ2v) is 4.85. The van der Waals surface area contributed by atoms with Gasteiger partial charge in [0.2, 0.25) is 11.7 Å². The molecule has 0 saturated heterocycles. The predicted molar refractivity (Wildman–Crippen MR) is 71.7 cm³/mol. The van der Waals surface area contributed by atoms with Gasteiger partial charge in [-0.3, -0.25) is 4.79 Å². The summed E-state index contributed by atoms with van der Waals surface area (Å²) in [6.07, 6.45) is 3.06. The Morgan fingerprint density at radius 2 is 2.25 bits per heavy atom. The number of carbonyl (C=O) groups excluding carboxylic acids is 1. The molecule has 5 heteroatoms. The zero-order valence-electron chi connectivity index (χ0n) is 11.4. The molecule has 1 aromatic heterocycles. The smallest absolute Gasteiger partial charge is 0.226 e. The molecule has 0 fully saturated rings. The molecule has 0 atom stereocenters. The van der Waals surface area contributed by atoms with Crippen LogP contribution in [-0.2, 0) is 19.4 Å². The third kappa shape index (κ3) is 2.43. The molecule has 104 valence electrons. The highest BCUT2D eigenvalue weighted by Crippen LogP contribution is 2.30. The van der Waals surface area contributed by atoms with Crippen LogP contribution in [0, 0.1) is 0 Å². The molecule has 0 saturated carbocycles. The van der Waals surface area contributed by atoms with Crippen molar-refractivity contribution in [3.05, 3.63) is 41.0 Å². The highest BCUT2D eigenvalue weighted by atomic mass is 16.5. The first-order valence-electron chi connectivity index (χ1n) is 6.87. The van der Waals surface area contributed by atoms with Crippen molar-refractivity contribution in [1.29, 1.82) is 0 Å². The van der Waals surface area contributed by atoms with Crippen LogP contribution in [-0.4, -0.2) is 15.9 Å². The quantitative estimate of drug-likeness (QED) is 0.837. The van der Waals surface area contributed by atoms with Crippen molar-refractivity contribution in [1.82, 2.24) is 10.1 Å². The van der Waals surface area contributed by atoms with E-state index in [4.69, 9.17) is 9.26 Å². The van der Waals surface area contributed by atoms with Crippen LogP contribution in [0.1, 0.15) is 47.4 Å². The van der Waals surface area contributed by atoms with Gasteiger partial charge in [-0.05, 0) is 18.9 Å². The first-order valence-corrected chi connectivity index (χ1v) is 6.87. The van der Waals surface area contributed by atoms with Crippen LogP contribution in [0.5, 0.6) is 5.75 Å². The minimum Gasteiger partial charge on any atom is -0.485 e. The number of Topliss-reactive ketones (excluding diaryl/α,β-unsaturated/α-hetero) is 1. The number of rotatable bonds is 5. The van der Waals surface area contributed by atoms with E-state index in [0.29, 0.717) is 18.1 Å². The summed E-state index contributed by atoms with van der Waals surface area (Å²) in [5.41, 5.74) is 1.78. The van der Waals surface area contributed by atoms with Crippen molar-refractivity contribution in [3.8, 4) is 5.75 Å². The molecule has 0 radical (unpaired) electrons. The summed E-state index contributed by atoms with van der Waals surface area (Å²) >= 11 is 0. The Morgan fingerprint density at radius 3 is 3.10 bits per heavy atom. The van der Waals surface area contributed by atoms with Gasteiger partial charge in [-0.2, -0.15) is 4.98 Å². The number of carbonyl (C=O) groups is 1. The molecule has 0 unspecified atom stereocenters. The Hall–Kier alpha value is -2.17. The van der Waals surface area contributed by atoms with Crippen molar-refractivity contribution < 1.29 is 14.1 Å². The Morgan fingerprint density at radius 1 is 1.35 bits per heavy atom. The predicted octanol–water partition coefficient (Wildman–Crippen LogP) is 2.73. The zero-order chi connectivity index (χ0) is 13.9. The van der Waals surface area contributed by atoms with E-state index in [0.717, 1.165) is 36.1 Å². The van der Waals surface area contributed by atoms with E-state index in [-0.39, 0.29) is 12.4 Å². The second-order valence-electron chi connectivity index (χ2n) is 4.85. The van der Waals surface area contributed by atoms with E-state index in [1.807, 2.05) is 18.2 Å². The fourth-order valence-electron chi connectivity index (χ4n) is 2.40. The van der Waals surface area contributed by atoms with Crippen LogP contribution in [0.15, 0.2) is 22.7 Å². The van der Waals surface area contributed by atoms with Crippen LogP contribution in [0.25, 0.3) is 0 Å². The monoisotopic (exact) mass is 272 g/mol. The van der Waals surface area contributed by atoms with E-state index < -0.39 is 0 Å². The van der Waals surface area contributed by atoms with Crippen molar-refractivity contribution in [2.45, 2.75) is 39.2 Å². The minimum atomic E-state index is 0.190. The number of hydrogen-bond donors (Lipinski definition) is 0. The largest absolute Gasteiger partial charge is 0.485 e. The fourth-order valence-corrected chi connectivity index (χ4v) is 2.40. The van der Waals surface area contributed by atoms with Crippen LogP contribution >= 0.6 is 0 Å². The van der Waals surface area contributed by atoms with E-state index in [1.54, 1.807) is 0 Å². The summed E-state index contributed by atoms with van der Waals surface area (Å²) in [7, 11) is 0. The molecule has 1 heterocycles. The molecule has 0 spiro atoms. The first kappa shape index (κ1) is 12.8. The maximum atomic E-state index is 11.7. The SMILES string of the molecule is CCCc1nc(COc2cccc3c2CCC3=O)no1. The van der Waals surface area contributed by atoms with Gasteiger partial charge in [-0.1, -0.05) is 24.2 Å². The highest BCUT2D eigenvalue weighted by molar-refractivity contribution is 6.01. The summed E-state index contributed by atoms with van der Waals surface area (Å²) in [4.78, 5) is 15.9. The first-order chi connectivity index (χ1) is 9.78. The van der Waals surface area contributed by atoms with Crippen molar-refractivity contribution >= 4 is 5.78 Å².